The third-order valence-corrected chi connectivity index (χ3v) is 7.20. The van der Waals surface area contributed by atoms with Gasteiger partial charge < -0.3 is 14.2 Å². The predicted molar refractivity (Wildman–Crippen MR) is 108 cm³/mol. The minimum atomic E-state index is -4.27. The maximum Gasteiger partial charge on any atom is 0.307 e. The normalized spacial score (nSPS) is 16.6. The lowest BCUT2D eigenvalue weighted by Gasteiger charge is -2.36. The summed E-state index contributed by atoms with van der Waals surface area (Å²) in [6.07, 6.45) is 0.106. The van der Waals surface area contributed by atoms with Gasteiger partial charge in [0.15, 0.2) is 11.5 Å². The zero-order valence-electron chi connectivity index (χ0n) is 16.6. The molecule has 1 unspecified atom stereocenters. The van der Waals surface area contributed by atoms with Gasteiger partial charge >= 0.3 is 5.97 Å². The summed E-state index contributed by atoms with van der Waals surface area (Å²) in [4.78, 5) is 11.6. The zero-order chi connectivity index (χ0) is 22.1. The van der Waals surface area contributed by atoms with Crippen LogP contribution in [0.4, 0.5) is 4.39 Å². The number of benzene rings is 2. The monoisotopic (exact) mass is 457 g/mol. The van der Waals surface area contributed by atoms with Crippen LogP contribution in [0.3, 0.4) is 0 Å². The summed E-state index contributed by atoms with van der Waals surface area (Å²) >= 11 is 5.76. The quantitative estimate of drug-likeness (QED) is 0.619. The average molecular weight is 458 g/mol. The van der Waals surface area contributed by atoms with E-state index in [4.69, 9.17) is 25.8 Å². The first kappa shape index (κ1) is 22.3. The molecule has 1 aliphatic heterocycles. The lowest BCUT2D eigenvalue weighted by Crippen LogP contribution is -2.41. The Hall–Kier alpha value is -2.36. The Bertz CT molecular complexity index is 1080. The van der Waals surface area contributed by atoms with Gasteiger partial charge in [-0.15, -0.1) is 0 Å². The molecule has 0 aliphatic carbocycles. The van der Waals surface area contributed by atoms with E-state index < -0.39 is 32.7 Å². The standard InChI is InChI=1S/C20H21ClFNO6S/c1-27-17-8-12-6-7-23(30(25,26)19-5-4-13(21)9-15(19)22)16(11-20(24)29-3)14(12)10-18(17)28-2/h4-5,8-10,16H,6-7,11H2,1-3H3. The Kier molecular flexibility index (Phi) is 6.54. The Balaban J connectivity index is 2.14. The van der Waals surface area contributed by atoms with Crippen molar-refractivity contribution in [3.8, 4) is 11.5 Å². The average Bonchev–Trinajstić information content (AvgIpc) is 2.72. The van der Waals surface area contributed by atoms with Gasteiger partial charge in [-0.3, -0.25) is 4.79 Å². The maximum atomic E-state index is 14.5. The van der Waals surface area contributed by atoms with Crippen LogP contribution in [-0.4, -0.2) is 46.6 Å². The second-order valence-electron chi connectivity index (χ2n) is 6.64. The van der Waals surface area contributed by atoms with Gasteiger partial charge in [0.25, 0.3) is 0 Å². The Morgan fingerprint density at radius 2 is 1.83 bits per heavy atom. The van der Waals surface area contributed by atoms with Gasteiger partial charge in [-0.25, -0.2) is 12.8 Å². The molecule has 162 valence electrons. The smallest absolute Gasteiger partial charge is 0.307 e. The van der Waals surface area contributed by atoms with Crippen LogP contribution in [0.2, 0.25) is 5.02 Å². The summed E-state index contributed by atoms with van der Waals surface area (Å²) in [5.74, 6) is -0.673. The van der Waals surface area contributed by atoms with E-state index in [2.05, 4.69) is 0 Å². The molecule has 0 bridgehead atoms. The summed E-state index contributed by atoms with van der Waals surface area (Å²) < 4.78 is 57.6. The molecule has 30 heavy (non-hydrogen) atoms. The highest BCUT2D eigenvalue weighted by Gasteiger charge is 2.39. The van der Waals surface area contributed by atoms with Crippen LogP contribution < -0.4 is 9.47 Å². The van der Waals surface area contributed by atoms with Crippen molar-refractivity contribution in [3.63, 3.8) is 0 Å². The Labute approximate surface area is 179 Å². The van der Waals surface area contributed by atoms with E-state index >= 15 is 0 Å². The Morgan fingerprint density at radius 3 is 2.43 bits per heavy atom. The second kappa shape index (κ2) is 8.79. The third-order valence-electron chi connectivity index (χ3n) is 5.02. The summed E-state index contributed by atoms with van der Waals surface area (Å²) in [5, 5.41) is 0.0818. The van der Waals surface area contributed by atoms with Gasteiger partial charge in [0.05, 0.1) is 33.8 Å². The fourth-order valence-electron chi connectivity index (χ4n) is 3.56. The molecule has 1 heterocycles. The fraction of sp³-hybridized carbons (Fsp3) is 0.350. The van der Waals surface area contributed by atoms with E-state index in [1.54, 1.807) is 12.1 Å². The van der Waals surface area contributed by atoms with Crippen molar-refractivity contribution in [1.29, 1.82) is 0 Å². The highest BCUT2D eigenvalue weighted by Crippen LogP contribution is 2.42. The van der Waals surface area contributed by atoms with Crippen LogP contribution in [0.5, 0.6) is 11.5 Å². The van der Waals surface area contributed by atoms with Crippen LogP contribution in [0.25, 0.3) is 0 Å². The van der Waals surface area contributed by atoms with E-state index in [9.17, 15) is 17.6 Å². The van der Waals surface area contributed by atoms with Crippen molar-refractivity contribution in [2.75, 3.05) is 27.9 Å². The topological polar surface area (TPSA) is 82.1 Å². The van der Waals surface area contributed by atoms with E-state index in [1.165, 1.54) is 27.4 Å². The number of hydrogen-bond acceptors (Lipinski definition) is 6. The van der Waals surface area contributed by atoms with Gasteiger partial charge in [0.1, 0.15) is 10.7 Å². The molecule has 1 atom stereocenters. The minimum Gasteiger partial charge on any atom is -0.493 e. The van der Waals surface area contributed by atoms with Gasteiger partial charge in [-0.05, 0) is 47.9 Å². The number of fused-ring (bicyclic) bond motifs is 1. The van der Waals surface area contributed by atoms with E-state index in [1.807, 2.05) is 0 Å². The molecule has 0 aromatic heterocycles. The third kappa shape index (κ3) is 4.10. The fourth-order valence-corrected chi connectivity index (χ4v) is 5.37. The van der Waals surface area contributed by atoms with E-state index in [-0.39, 0.29) is 18.0 Å². The Morgan fingerprint density at radius 1 is 1.17 bits per heavy atom. The van der Waals surface area contributed by atoms with Crippen molar-refractivity contribution < 1.29 is 31.8 Å². The predicted octanol–water partition coefficient (Wildman–Crippen LogP) is 3.35. The summed E-state index contributed by atoms with van der Waals surface area (Å²) in [6.45, 7) is 0.0501. The second-order valence-corrected chi connectivity index (χ2v) is 8.94. The first-order chi connectivity index (χ1) is 14.2. The number of methoxy groups -OCH3 is 3. The molecule has 0 radical (unpaired) electrons. The maximum absolute atomic E-state index is 14.5. The number of rotatable bonds is 6. The first-order valence-corrected chi connectivity index (χ1v) is 10.8. The molecular formula is C20H21ClFNO6S. The number of carbonyl (C=O) groups excluding carboxylic acids is 1. The number of nitrogens with zero attached hydrogens (tertiary/aromatic N) is 1. The molecule has 1 aliphatic rings. The highest BCUT2D eigenvalue weighted by atomic mass is 35.5. The SMILES string of the molecule is COC(=O)CC1c2cc(OC)c(OC)cc2CCN1S(=O)(=O)c1ccc(Cl)cc1F. The minimum absolute atomic E-state index is 0.0501. The molecular weight excluding hydrogens is 437 g/mol. The van der Waals surface area contributed by atoms with Crippen LogP contribution >= 0.6 is 11.6 Å². The zero-order valence-corrected chi connectivity index (χ0v) is 18.2. The van der Waals surface area contributed by atoms with Crippen molar-refractivity contribution in [3.05, 3.63) is 52.3 Å². The largest absolute Gasteiger partial charge is 0.493 e. The van der Waals surface area contributed by atoms with Gasteiger partial charge in [-0.1, -0.05) is 11.6 Å². The number of esters is 1. The molecule has 0 fully saturated rings. The molecule has 10 heteroatoms. The van der Waals surface area contributed by atoms with Crippen LogP contribution in [0, 0.1) is 5.82 Å². The van der Waals surface area contributed by atoms with Gasteiger partial charge in [-0.2, -0.15) is 4.31 Å². The van der Waals surface area contributed by atoms with Crippen LogP contribution in [0.15, 0.2) is 35.2 Å². The first-order valence-electron chi connectivity index (χ1n) is 9.01. The summed E-state index contributed by atoms with van der Waals surface area (Å²) in [6, 6.07) is 5.86. The van der Waals surface area contributed by atoms with Crippen LogP contribution in [0.1, 0.15) is 23.6 Å². The molecule has 3 rings (SSSR count). The summed E-state index contributed by atoms with van der Waals surface area (Å²) in [7, 11) is -0.0926. The lowest BCUT2D eigenvalue weighted by atomic mass is 9.91. The summed E-state index contributed by atoms with van der Waals surface area (Å²) in [5.41, 5.74) is 1.38. The van der Waals surface area contributed by atoms with Crippen molar-refractivity contribution >= 4 is 27.6 Å². The highest BCUT2D eigenvalue weighted by molar-refractivity contribution is 7.89. The molecule has 0 N–H and O–H groups in total. The lowest BCUT2D eigenvalue weighted by molar-refractivity contribution is -0.141. The van der Waals surface area contributed by atoms with Crippen molar-refractivity contribution in [2.45, 2.75) is 23.8 Å². The molecule has 0 saturated carbocycles. The van der Waals surface area contributed by atoms with Crippen molar-refractivity contribution in [2.24, 2.45) is 0 Å². The van der Waals surface area contributed by atoms with E-state index in [0.717, 1.165) is 22.0 Å². The number of sulfonamides is 1. The van der Waals surface area contributed by atoms with Crippen molar-refractivity contribution in [1.82, 2.24) is 4.31 Å². The molecule has 2 aromatic rings. The van der Waals surface area contributed by atoms with Crippen LogP contribution in [-0.2, 0) is 26.0 Å². The molecule has 2 aromatic carbocycles. The molecule has 7 nitrogen and oxygen atoms in total. The number of halogens is 2. The van der Waals surface area contributed by atoms with Gasteiger partial charge in [0, 0.05) is 11.6 Å². The van der Waals surface area contributed by atoms with E-state index in [0.29, 0.717) is 23.5 Å². The van der Waals surface area contributed by atoms with Gasteiger partial charge in [0.2, 0.25) is 10.0 Å². The molecule has 0 amide bonds. The number of ether oxygens (including phenoxy) is 3. The number of carbonyl (C=O) groups is 1. The molecule has 0 spiro atoms. The number of hydrogen-bond donors (Lipinski definition) is 0. The molecule has 0 saturated heterocycles.